The number of fused-ring (bicyclic) bond motifs is 1. The molecular weight excluding hydrogens is 348 g/mol. The minimum Gasteiger partial charge on any atom is -0.481 e. The van der Waals surface area contributed by atoms with Crippen molar-refractivity contribution in [2.45, 2.75) is 38.1 Å². The van der Waals surface area contributed by atoms with Crippen molar-refractivity contribution in [2.75, 3.05) is 0 Å². The first-order chi connectivity index (χ1) is 13.1. The molecule has 0 spiro atoms. The van der Waals surface area contributed by atoms with Crippen LogP contribution in [0.2, 0.25) is 0 Å². The maximum absolute atomic E-state index is 12.7. The van der Waals surface area contributed by atoms with E-state index in [4.69, 9.17) is 13.9 Å². The highest BCUT2D eigenvalue weighted by atomic mass is 16.4. The van der Waals surface area contributed by atoms with Gasteiger partial charge in [0, 0.05) is 12.3 Å². The average molecular weight is 368 g/mol. The highest BCUT2D eigenvalue weighted by Gasteiger charge is 2.45. The van der Waals surface area contributed by atoms with Crippen molar-refractivity contribution in [1.29, 1.82) is 0 Å². The fraction of sp³-hybridized carbons (Fsp3) is 0.350. The van der Waals surface area contributed by atoms with Crippen LogP contribution in [-0.4, -0.2) is 27.7 Å². The molecule has 1 aliphatic carbocycles. The zero-order valence-electron chi connectivity index (χ0n) is 14.7. The standard InChI is InChI=1S/C20H20N2O5/c23-17(8-9-18(24)25)22-20(16-7-3-11-27-16)15-6-1-4-13(19(15)21-22)12-14-5-2-10-26-14/h2-3,5,7,10-12,15,20H,1,4,6,8-9H2,(H,24,25)/b13-12-/t15-,20+/m0/s1. The molecule has 2 aromatic heterocycles. The van der Waals surface area contributed by atoms with Gasteiger partial charge in [0.25, 0.3) is 0 Å². The third-order valence-electron chi connectivity index (χ3n) is 5.00. The van der Waals surface area contributed by atoms with Gasteiger partial charge in [0.1, 0.15) is 17.6 Å². The quantitative estimate of drug-likeness (QED) is 0.864. The number of furan rings is 2. The predicted molar refractivity (Wildman–Crippen MR) is 96.6 cm³/mol. The van der Waals surface area contributed by atoms with Gasteiger partial charge in [0.15, 0.2) is 0 Å². The largest absolute Gasteiger partial charge is 0.481 e. The number of hydrazone groups is 1. The van der Waals surface area contributed by atoms with Crippen LogP contribution in [-0.2, 0) is 9.59 Å². The molecule has 2 aromatic rings. The molecule has 0 bridgehead atoms. The monoisotopic (exact) mass is 368 g/mol. The van der Waals surface area contributed by atoms with E-state index in [0.29, 0.717) is 5.76 Å². The number of carboxylic acid groups (broad SMARTS) is 1. The number of nitrogens with zero attached hydrogens (tertiary/aromatic N) is 2. The van der Waals surface area contributed by atoms with Crippen LogP contribution in [0.4, 0.5) is 0 Å². The van der Waals surface area contributed by atoms with Gasteiger partial charge in [-0.05, 0) is 55.2 Å². The van der Waals surface area contributed by atoms with E-state index >= 15 is 0 Å². The summed E-state index contributed by atoms with van der Waals surface area (Å²) < 4.78 is 11.0. The fourth-order valence-corrected chi connectivity index (χ4v) is 3.82. The first-order valence-corrected chi connectivity index (χ1v) is 9.03. The van der Waals surface area contributed by atoms with Crippen molar-refractivity contribution in [3.8, 4) is 0 Å². The molecule has 1 aliphatic heterocycles. The molecule has 2 aliphatic rings. The minimum absolute atomic E-state index is 0.0277. The van der Waals surface area contributed by atoms with Crippen LogP contribution >= 0.6 is 0 Å². The molecule has 1 N–H and O–H groups in total. The van der Waals surface area contributed by atoms with Crippen LogP contribution in [0.25, 0.3) is 6.08 Å². The number of aliphatic carboxylic acids is 1. The highest BCUT2D eigenvalue weighted by molar-refractivity contribution is 6.08. The molecule has 140 valence electrons. The van der Waals surface area contributed by atoms with E-state index in [0.717, 1.165) is 36.3 Å². The Kier molecular flexibility index (Phi) is 4.66. The second-order valence-electron chi connectivity index (χ2n) is 6.76. The second kappa shape index (κ2) is 7.26. The van der Waals surface area contributed by atoms with Gasteiger partial charge in [0.2, 0.25) is 5.91 Å². The normalized spacial score (nSPS) is 23.3. The van der Waals surface area contributed by atoms with Gasteiger partial charge in [-0.2, -0.15) is 5.10 Å². The van der Waals surface area contributed by atoms with E-state index < -0.39 is 5.97 Å². The Labute approximate surface area is 155 Å². The Morgan fingerprint density at radius 3 is 2.74 bits per heavy atom. The van der Waals surface area contributed by atoms with Gasteiger partial charge >= 0.3 is 5.97 Å². The lowest BCUT2D eigenvalue weighted by Crippen LogP contribution is -2.31. The Bertz CT molecular complexity index is 880. The Morgan fingerprint density at radius 2 is 2.04 bits per heavy atom. The fourth-order valence-electron chi connectivity index (χ4n) is 3.82. The van der Waals surface area contributed by atoms with Crippen molar-refractivity contribution in [1.82, 2.24) is 5.01 Å². The maximum Gasteiger partial charge on any atom is 0.303 e. The van der Waals surface area contributed by atoms with Gasteiger partial charge in [-0.25, -0.2) is 5.01 Å². The number of carbonyl (C=O) groups excluding carboxylic acids is 1. The molecule has 1 fully saturated rings. The molecule has 2 atom stereocenters. The summed E-state index contributed by atoms with van der Waals surface area (Å²) in [7, 11) is 0. The van der Waals surface area contributed by atoms with Crippen molar-refractivity contribution < 1.29 is 23.5 Å². The van der Waals surface area contributed by atoms with E-state index in [1.165, 1.54) is 5.01 Å². The lowest BCUT2D eigenvalue weighted by Gasteiger charge is -2.27. The molecule has 0 aromatic carbocycles. The lowest BCUT2D eigenvalue weighted by atomic mass is 9.79. The van der Waals surface area contributed by atoms with Crippen molar-refractivity contribution in [3.63, 3.8) is 0 Å². The zero-order valence-corrected chi connectivity index (χ0v) is 14.7. The molecule has 0 unspecified atom stereocenters. The summed E-state index contributed by atoms with van der Waals surface area (Å²) in [4.78, 5) is 23.6. The lowest BCUT2D eigenvalue weighted by molar-refractivity contribution is -0.141. The van der Waals surface area contributed by atoms with Gasteiger partial charge in [-0.15, -0.1) is 0 Å². The number of carbonyl (C=O) groups is 2. The summed E-state index contributed by atoms with van der Waals surface area (Å²) >= 11 is 0. The van der Waals surface area contributed by atoms with Gasteiger partial charge in [-0.1, -0.05) is 0 Å². The summed E-state index contributed by atoms with van der Waals surface area (Å²) in [6.45, 7) is 0. The summed E-state index contributed by atoms with van der Waals surface area (Å²) in [5.41, 5.74) is 1.91. The molecule has 0 saturated heterocycles. The van der Waals surface area contributed by atoms with E-state index in [-0.39, 0.29) is 30.7 Å². The van der Waals surface area contributed by atoms with Crippen LogP contribution in [0.3, 0.4) is 0 Å². The van der Waals surface area contributed by atoms with Crippen LogP contribution < -0.4 is 0 Å². The number of rotatable bonds is 5. The molecule has 3 heterocycles. The topological polar surface area (TPSA) is 96.2 Å². The molecule has 0 radical (unpaired) electrons. The smallest absolute Gasteiger partial charge is 0.303 e. The van der Waals surface area contributed by atoms with Crippen LogP contribution in [0.15, 0.2) is 56.3 Å². The Hall–Kier alpha value is -3.09. The summed E-state index contributed by atoms with van der Waals surface area (Å²) in [6.07, 6.45) is 7.59. The molecule has 4 rings (SSSR count). The van der Waals surface area contributed by atoms with Gasteiger partial charge in [-0.3, -0.25) is 9.59 Å². The van der Waals surface area contributed by atoms with E-state index in [1.54, 1.807) is 18.6 Å². The summed E-state index contributed by atoms with van der Waals surface area (Å²) in [5, 5.41) is 14.9. The molecular formula is C20H20N2O5. The van der Waals surface area contributed by atoms with Crippen LogP contribution in [0, 0.1) is 5.92 Å². The van der Waals surface area contributed by atoms with Gasteiger partial charge < -0.3 is 13.9 Å². The van der Waals surface area contributed by atoms with E-state index in [9.17, 15) is 9.59 Å². The first-order valence-electron chi connectivity index (χ1n) is 9.03. The zero-order chi connectivity index (χ0) is 18.8. The Balaban J connectivity index is 1.68. The highest BCUT2D eigenvalue weighted by Crippen LogP contribution is 2.44. The van der Waals surface area contributed by atoms with E-state index in [2.05, 4.69) is 5.10 Å². The summed E-state index contributed by atoms with van der Waals surface area (Å²) in [6, 6.07) is 7.00. The Morgan fingerprint density at radius 1 is 1.22 bits per heavy atom. The summed E-state index contributed by atoms with van der Waals surface area (Å²) in [5.74, 6) is 0.138. The number of amides is 1. The number of hydrogen-bond donors (Lipinski definition) is 1. The first kappa shape index (κ1) is 17.3. The van der Waals surface area contributed by atoms with Crippen molar-refractivity contribution >= 4 is 23.7 Å². The van der Waals surface area contributed by atoms with E-state index in [1.807, 2.05) is 24.3 Å². The number of carboxylic acids is 1. The van der Waals surface area contributed by atoms with Crippen molar-refractivity contribution in [3.05, 3.63) is 53.9 Å². The average Bonchev–Trinajstić information content (AvgIpc) is 3.39. The molecule has 7 nitrogen and oxygen atoms in total. The van der Waals surface area contributed by atoms with Crippen LogP contribution in [0.5, 0.6) is 0 Å². The number of hydrogen-bond acceptors (Lipinski definition) is 5. The predicted octanol–water partition coefficient (Wildman–Crippen LogP) is 3.86. The third-order valence-corrected chi connectivity index (χ3v) is 5.00. The molecule has 1 amide bonds. The minimum atomic E-state index is -0.999. The number of allylic oxidation sites excluding steroid dienone is 1. The second-order valence-corrected chi connectivity index (χ2v) is 6.76. The van der Waals surface area contributed by atoms with Crippen molar-refractivity contribution in [2.24, 2.45) is 11.0 Å². The maximum atomic E-state index is 12.7. The van der Waals surface area contributed by atoms with Crippen LogP contribution in [0.1, 0.15) is 49.7 Å². The molecule has 27 heavy (non-hydrogen) atoms. The SMILES string of the molecule is O=C(O)CCC(=O)N1N=C2/C(=C\c3ccco3)CCC[C@@H]2[C@@H]1c1ccco1. The molecule has 1 saturated carbocycles. The molecule has 7 heteroatoms. The third kappa shape index (κ3) is 3.45. The van der Waals surface area contributed by atoms with Gasteiger partial charge in [0.05, 0.1) is 24.7 Å².